The molecule has 0 spiro atoms. The van der Waals surface area contributed by atoms with Crippen LogP contribution in [0.3, 0.4) is 0 Å². The molecule has 2 aromatic carbocycles. The molecular formula is C27H34N4OS. The number of likely N-dealkylation sites (tertiary alicyclic amines) is 1. The summed E-state index contributed by atoms with van der Waals surface area (Å²) < 4.78 is 2.10. The van der Waals surface area contributed by atoms with Gasteiger partial charge in [-0.3, -0.25) is 9.36 Å². The van der Waals surface area contributed by atoms with Crippen LogP contribution in [0.5, 0.6) is 0 Å². The lowest BCUT2D eigenvalue weighted by Crippen LogP contribution is -2.42. The second-order valence-corrected chi connectivity index (χ2v) is 10.9. The molecule has 174 valence electrons. The Morgan fingerprint density at radius 2 is 1.79 bits per heavy atom. The molecule has 5 nitrogen and oxygen atoms in total. The zero-order valence-corrected chi connectivity index (χ0v) is 21.2. The van der Waals surface area contributed by atoms with Gasteiger partial charge >= 0.3 is 0 Å². The number of carbonyl (C=O) groups is 1. The predicted molar refractivity (Wildman–Crippen MR) is 136 cm³/mol. The maximum atomic E-state index is 13.0. The van der Waals surface area contributed by atoms with E-state index in [1.165, 1.54) is 23.7 Å². The monoisotopic (exact) mass is 462 g/mol. The fraction of sp³-hybridized carbons (Fsp3) is 0.444. The van der Waals surface area contributed by atoms with Crippen molar-refractivity contribution in [2.75, 3.05) is 12.3 Å². The first-order valence-electron chi connectivity index (χ1n) is 11.8. The van der Waals surface area contributed by atoms with Gasteiger partial charge in [0.2, 0.25) is 5.91 Å². The SMILES string of the molecule is Cc1ccccc1-n1c(SCC(=O)N2CCCC[C@H]2C)nnc1-c1ccc(C(C)(C)C)cc1. The Bertz CT molecular complexity index is 1110. The van der Waals surface area contributed by atoms with Crippen LogP contribution in [0.2, 0.25) is 0 Å². The summed E-state index contributed by atoms with van der Waals surface area (Å²) in [7, 11) is 0. The number of carbonyl (C=O) groups excluding carboxylic acids is 1. The first-order chi connectivity index (χ1) is 15.8. The first-order valence-corrected chi connectivity index (χ1v) is 12.8. The highest BCUT2D eigenvalue weighted by molar-refractivity contribution is 7.99. The number of benzene rings is 2. The molecule has 6 heteroatoms. The van der Waals surface area contributed by atoms with E-state index >= 15 is 0 Å². The number of nitrogens with zero attached hydrogens (tertiary/aromatic N) is 4. The van der Waals surface area contributed by atoms with E-state index in [4.69, 9.17) is 0 Å². The Morgan fingerprint density at radius 3 is 2.45 bits per heavy atom. The molecule has 33 heavy (non-hydrogen) atoms. The van der Waals surface area contributed by atoms with E-state index in [0.29, 0.717) is 11.8 Å². The van der Waals surface area contributed by atoms with Crippen molar-refractivity contribution in [1.29, 1.82) is 0 Å². The van der Waals surface area contributed by atoms with Gasteiger partial charge in [-0.1, -0.05) is 75.0 Å². The number of aryl methyl sites for hydroxylation is 1. The van der Waals surface area contributed by atoms with E-state index in [-0.39, 0.29) is 11.3 Å². The number of piperidine rings is 1. The zero-order valence-electron chi connectivity index (χ0n) is 20.3. The van der Waals surface area contributed by atoms with Crippen LogP contribution in [0.25, 0.3) is 17.1 Å². The van der Waals surface area contributed by atoms with Gasteiger partial charge in [0.15, 0.2) is 11.0 Å². The third-order valence-electron chi connectivity index (χ3n) is 6.45. The lowest BCUT2D eigenvalue weighted by Gasteiger charge is -2.33. The van der Waals surface area contributed by atoms with Crippen molar-refractivity contribution in [1.82, 2.24) is 19.7 Å². The normalized spacial score (nSPS) is 16.8. The molecular weight excluding hydrogens is 428 g/mol. The second-order valence-electron chi connectivity index (χ2n) is 9.98. The van der Waals surface area contributed by atoms with Crippen molar-refractivity contribution >= 4 is 17.7 Å². The van der Waals surface area contributed by atoms with E-state index in [0.717, 1.165) is 47.2 Å². The molecule has 3 aromatic rings. The third-order valence-corrected chi connectivity index (χ3v) is 7.36. The van der Waals surface area contributed by atoms with Crippen molar-refractivity contribution in [3.8, 4) is 17.1 Å². The quantitative estimate of drug-likeness (QED) is 0.434. The van der Waals surface area contributed by atoms with Gasteiger partial charge in [-0.15, -0.1) is 10.2 Å². The molecule has 1 atom stereocenters. The summed E-state index contributed by atoms with van der Waals surface area (Å²) in [5.74, 6) is 1.35. The van der Waals surface area contributed by atoms with Crippen molar-refractivity contribution in [3.63, 3.8) is 0 Å². The van der Waals surface area contributed by atoms with E-state index in [1.54, 1.807) is 0 Å². The summed E-state index contributed by atoms with van der Waals surface area (Å²) in [6, 6.07) is 17.1. The van der Waals surface area contributed by atoms with Gasteiger partial charge in [0.25, 0.3) is 0 Å². The summed E-state index contributed by atoms with van der Waals surface area (Å²) in [5, 5.41) is 9.84. The Hall–Kier alpha value is -2.60. The molecule has 1 aromatic heterocycles. The molecule has 0 bridgehead atoms. The van der Waals surface area contributed by atoms with Gasteiger partial charge in [-0.25, -0.2) is 0 Å². The summed E-state index contributed by atoms with van der Waals surface area (Å²) in [4.78, 5) is 15.0. The smallest absolute Gasteiger partial charge is 0.233 e. The van der Waals surface area contributed by atoms with Gasteiger partial charge in [0.1, 0.15) is 0 Å². The van der Waals surface area contributed by atoms with E-state index < -0.39 is 0 Å². The fourth-order valence-corrected chi connectivity index (χ4v) is 5.21. The molecule has 0 radical (unpaired) electrons. The van der Waals surface area contributed by atoms with Crippen LogP contribution in [-0.4, -0.2) is 43.9 Å². The van der Waals surface area contributed by atoms with Crippen LogP contribution in [0.15, 0.2) is 53.7 Å². The average Bonchev–Trinajstić information content (AvgIpc) is 3.21. The molecule has 1 saturated heterocycles. The maximum absolute atomic E-state index is 13.0. The van der Waals surface area contributed by atoms with Gasteiger partial charge in [0, 0.05) is 18.2 Å². The molecule has 2 heterocycles. The highest BCUT2D eigenvalue weighted by atomic mass is 32.2. The highest BCUT2D eigenvalue weighted by Crippen LogP contribution is 2.31. The van der Waals surface area contributed by atoms with Gasteiger partial charge in [-0.2, -0.15) is 0 Å². The first kappa shape index (κ1) is 23.6. The minimum absolute atomic E-state index is 0.0924. The Kier molecular flexibility index (Phi) is 6.94. The number of amides is 1. The van der Waals surface area contributed by atoms with Crippen LogP contribution in [0.4, 0.5) is 0 Å². The summed E-state index contributed by atoms with van der Waals surface area (Å²) in [6.07, 6.45) is 3.39. The summed E-state index contributed by atoms with van der Waals surface area (Å²) in [6.45, 7) is 11.7. The highest BCUT2D eigenvalue weighted by Gasteiger charge is 2.25. The van der Waals surface area contributed by atoms with Crippen molar-refractivity contribution < 1.29 is 4.79 Å². The van der Waals surface area contributed by atoms with Crippen molar-refractivity contribution in [3.05, 3.63) is 59.7 Å². The topological polar surface area (TPSA) is 51.0 Å². The lowest BCUT2D eigenvalue weighted by atomic mass is 9.87. The molecule has 0 aliphatic carbocycles. The van der Waals surface area contributed by atoms with Crippen LogP contribution >= 0.6 is 11.8 Å². The fourth-order valence-electron chi connectivity index (χ4n) is 4.38. The summed E-state index contributed by atoms with van der Waals surface area (Å²) >= 11 is 1.48. The zero-order chi connectivity index (χ0) is 23.6. The number of aromatic nitrogens is 3. The Labute approximate surface area is 201 Å². The Balaban J connectivity index is 1.66. The van der Waals surface area contributed by atoms with E-state index in [9.17, 15) is 4.79 Å². The number of rotatable bonds is 5. The average molecular weight is 463 g/mol. The van der Waals surface area contributed by atoms with Crippen molar-refractivity contribution in [2.24, 2.45) is 0 Å². The minimum Gasteiger partial charge on any atom is -0.339 e. The third kappa shape index (κ3) is 5.16. The predicted octanol–water partition coefficient (Wildman–Crippen LogP) is 6.03. The van der Waals surface area contributed by atoms with E-state index in [1.807, 2.05) is 17.0 Å². The molecule has 0 saturated carbocycles. The number of hydrogen-bond donors (Lipinski definition) is 0. The van der Waals surface area contributed by atoms with Crippen LogP contribution in [0, 0.1) is 6.92 Å². The molecule has 0 unspecified atom stereocenters. The van der Waals surface area contributed by atoms with Gasteiger partial charge in [-0.05, 0) is 55.7 Å². The molecule has 1 fully saturated rings. The lowest BCUT2D eigenvalue weighted by molar-refractivity contribution is -0.131. The van der Waals surface area contributed by atoms with E-state index in [2.05, 4.69) is 85.8 Å². The van der Waals surface area contributed by atoms with Crippen LogP contribution in [0.1, 0.15) is 58.1 Å². The van der Waals surface area contributed by atoms with Crippen LogP contribution < -0.4 is 0 Å². The molecule has 1 aliphatic heterocycles. The molecule has 0 N–H and O–H groups in total. The van der Waals surface area contributed by atoms with Gasteiger partial charge in [0.05, 0.1) is 11.4 Å². The van der Waals surface area contributed by atoms with Gasteiger partial charge < -0.3 is 4.90 Å². The van der Waals surface area contributed by atoms with Crippen molar-refractivity contribution in [2.45, 2.75) is 70.5 Å². The minimum atomic E-state index is 0.0924. The second kappa shape index (κ2) is 9.72. The molecule has 1 aliphatic rings. The number of hydrogen-bond acceptors (Lipinski definition) is 4. The number of thioether (sulfide) groups is 1. The number of para-hydroxylation sites is 1. The van der Waals surface area contributed by atoms with Crippen LogP contribution in [-0.2, 0) is 10.2 Å². The molecule has 1 amide bonds. The summed E-state index contributed by atoms with van der Waals surface area (Å²) in [5.41, 5.74) is 4.57. The molecule has 4 rings (SSSR count). The maximum Gasteiger partial charge on any atom is 0.233 e. The standard InChI is InChI=1S/C27H34N4OS/c1-19-10-6-7-12-23(19)31-25(21-13-15-22(16-14-21)27(3,4)5)28-29-26(31)33-18-24(32)30-17-9-8-11-20(30)2/h6-7,10,12-16,20H,8-9,11,17-18H2,1-5H3/t20-/m1/s1. The Morgan fingerprint density at radius 1 is 1.06 bits per heavy atom. The largest absolute Gasteiger partial charge is 0.339 e.